The van der Waals surface area contributed by atoms with Crippen molar-refractivity contribution in [1.29, 1.82) is 0 Å². The van der Waals surface area contributed by atoms with Gasteiger partial charge in [-0.05, 0) is 25.0 Å². The van der Waals surface area contributed by atoms with Crippen molar-refractivity contribution in [3.05, 3.63) is 18.2 Å². The predicted octanol–water partition coefficient (Wildman–Crippen LogP) is 2.02. The second-order valence-corrected chi connectivity index (χ2v) is 5.75. The molecule has 1 aliphatic carbocycles. The number of amides is 2. The van der Waals surface area contributed by atoms with Gasteiger partial charge < -0.3 is 19.7 Å². The van der Waals surface area contributed by atoms with Crippen LogP contribution in [0.25, 0.3) is 0 Å². The van der Waals surface area contributed by atoms with Gasteiger partial charge in [0.05, 0.1) is 14.2 Å². The summed E-state index contributed by atoms with van der Waals surface area (Å²) in [6.07, 6.45) is 2.63. The molecule has 0 bridgehead atoms. The lowest BCUT2D eigenvalue weighted by molar-refractivity contribution is 0.142. The Hall–Kier alpha value is -1.95. The molecule has 1 saturated carbocycles. The molecule has 0 aromatic heterocycles. The molecule has 1 heterocycles. The molecule has 3 rings (SSSR count). The first-order chi connectivity index (χ1) is 10.7. The van der Waals surface area contributed by atoms with Crippen molar-refractivity contribution in [3.8, 4) is 11.5 Å². The molecule has 6 nitrogen and oxygen atoms in total. The van der Waals surface area contributed by atoms with Crippen LogP contribution in [0.15, 0.2) is 18.2 Å². The summed E-state index contributed by atoms with van der Waals surface area (Å²) in [5.74, 6) is 1.26. The molecule has 22 heavy (non-hydrogen) atoms. The molecule has 0 spiro atoms. The summed E-state index contributed by atoms with van der Waals surface area (Å²) in [6, 6.07) is 6.11. The van der Waals surface area contributed by atoms with Crippen molar-refractivity contribution in [1.82, 2.24) is 9.80 Å². The van der Waals surface area contributed by atoms with E-state index in [1.165, 1.54) is 12.8 Å². The molecular formula is C16H23N3O3. The first kappa shape index (κ1) is 15.0. The monoisotopic (exact) mass is 305 g/mol. The van der Waals surface area contributed by atoms with Crippen molar-refractivity contribution < 1.29 is 14.3 Å². The lowest BCUT2D eigenvalue weighted by Crippen LogP contribution is -2.50. The van der Waals surface area contributed by atoms with E-state index in [2.05, 4.69) is 10.2 Å². The molecule has 0 unspecified atom stereocenters. The van der Waals surface area contributed by atoms with E-state index in [0.717, 1.165) is 32.2 Å². The fourth-order valence-corrected chi connectivity index (χ4v) is 2.85. The summed E-state index contributed by atoms with van der Waals surface area (Å²) >= 11 is 0. The number of nitrogens with zero attached hydrogens (tertiary/aromatic N) is 2. The highest BCUT2D eigenvalue weighted by Crippen LogP contribution is 2.30. The normalized spacial score (nSPS) is 18.9. The number of methoxy groups -OCH3 is 2. The fourth-order valence-electron chi connectivity index (χ4n) is 2.85. The Morgan fingerprint density at radius 3 is 2.36 bits per heavy atom. The summed E-state index contributed by atoms with van der Waals surface area (Å²) in [4.78, 5) is 16.7. The molecule has 1 aromatic rings. The van der Waals surface area contributed by atoms with Crippen LogP contribution in [-0.4, -0.2) is 62.3 Å². The van der Waals surface area contributed by atoms with E-state index in [1.807, 2.05) is 11.0 Å². The first-order valence-electron chi connectivity index (χ1n) is 7.73. The number of carbonyl (C=O) groups excluding carboxylic acids is 1. The molecule has 1 aromatic carbocycles. The Morgan fingerprint density at radius 1 is 1.09 bits per heavy atom. The van der Waals surface area contributed by atoms with E-state index >= 15 is 0 Å². The zero-order valence-electron chi connectivity index (χ0n) is 13.2. The number of anilines is 1. The van der Waals surface area contributed by atoms with Gasteiger partial charge in [-0.25, -0.2) is 4.79 Å². The molecule has 1 saturated heterocycles. The molecular weight excluding hydrogens is 282 g/mol. The largest absolute Gasteiger partial charge is 0.493 e. The number of nitrogens with one attached hydrogen (secondary N) is 1. The molecule has 1 N–H and O–H groups in total. The second kappa shape index (κ2) is 6.44. The maximum Gasteiger partial charge on any atom is 0.321 e. The van der Waals surface area contributed by atoms with E-state index < -0.39 is 0 Å². The Bertz CT molecular complexity index is 537. The minimum Gasteiger partial charge on any atom is -0.493 e. The van der Waals surface area contributed by atoms with E-state index in [-0.39, 0.29) is 6.03 Å². The molecule has 0 atom stereocenters. The average Bonchev–Trinajstić information content (AvgIpc) is 3.39. The van der Waals surface area contributed by atoms with Crippen LogP contribution in [0.1, 0.15) is 12.8 Å². The summed E-state index contributed by atoms with van der Waals surface area (Å²) in [6.45, 7) is 3.53. The zero-order chi connectivity index (χ0) is 15.5. The van der Waals surface area contributed by atoms with E-state index in [9.17, 15) is 4.79 Å². The average molecular weight is 305 g/mol. The van der Waals surface area contributed by atoms with Gasteiger partial charge in [0.15, 0.2) is 11.5 Å². The van der Waals surface area contributed by atoms with E-state index in [4.69, 9.17) is 9.47 Å². The highest BCUT2D eigenvalue weighted by molar-refractivity contribution is 5.89. The van der Waals surface area contributed by atoms with Crippen molar-refractivity contribution >= 4 is 11.7 Å². The topological polar surface area (TPSA) is 54.0 Å². The molecule has 2 fully saturated rings. The highest BCUT2D eigenvalue weighted by atomic mass is 16.5. The summed E-state index contributed by atoms with van der Waals surface area (Å²) in [5.41, 5.74) is 0.715. The molecule has 0 radical (unpaired) electrons. The molecule has 120 valence electrons. The van der Waals surface area contributed by atoms with Gasteiger partial charge in [-0.15, -0.1) is 0 Å². The third-order valence-corrected chi connectivity index (χ3v) is 4.30. The van der Waals surface area contributed by atoms with Crippen molar-refractivity contribution in [3.63, 3.8) is 0 Å². The standard InChI is InChI=1S/C16H23N3O3/c1-21-14-6-3-12(11-15(14)22-2)17-16(20)19-9-7-18(8-10-19)13-4-5-13/h3,6,11,13H,4-5,7-10H2,1-2H3,(H,17,20). The predicted molar refractivity (Wildman–Crippen MR) is 84.7 cm³/mol. The smallest absolute Gasteiger partial charge is 0.321 e. The highest BCUT2D eigenvalue weighted by Gasteiger charge is 2.32. The van der Waals surface area contributed by atoms with Gasteiger partial charge in [0.2, 0.25) is 0 Å². The second-order valence-electron chi connectivity index (χ2n) is 5.75. The SMILES string of the molecule is COc1ccc(NC(=O)N2CCN(C3CC3)CC2)cc1OC. The van der Waals surface area contributed by atoms with Crippen LogP contribution in [-0.2, 0) is 0 Å². The molecule has 2 aliphatic rings. The lowest BCUT2D eigenvalue weighted by Gasteiger charge is -2.34. The number of piperazine rings is 1. The van der Waals surface area contributed by atoms with E-state index in [1.54, 1.807) is 26.4 Å². The first-order valence-corrected chi connectivity index (χ1v) is 7.73. The third kappa shape index (κ3) is 3.27. The van der Waals surface area contributed by atoms with Crippen LogP contribution in [0.3, 0.4) is 0 Å². The number of carbonyl (C=O) groups is 1. The van der Waals surface area contributed by atoms with Gasteiger partial charge in [-0.3, -0.25) is 4.90 Å². The Labute approximate surface area is 131 Å². The van der Waals surface area contributed by atoms with Gasteiger partial charge in [0.1, 0.15) is 0 Å². The van der Waals surface area contributed by atoms with Crippen LogP contribution in [0.4, 0.5) is 10.5 Å². The zero-order valence-corrected chi connectivity index (χ0v) is 13.2. The van der Waals surface area contributed by atoms with Crippen molar-refractivity contribution in [2.75, 3.05) is 45.7 Å². The number of rotatable bonds is 4. The van der Waals surface area contributed by atoms with Gasteiger partial charge in [-0.2, -0.15) is 0 Å². The van der Waals surface area contributed by atoms with Crippen LogP contribution >= 0.6 is 0 Å². The summed E-state index contributed by atoms with van der Waals surface area (Å²) < 4.78 is 10.5. The molecule has 2 amide bonds. The van der Waals surface area contributed by atoms with Crippen LogP contribution in [0, 0.1) is 0 Å². The minimum atomic E-state index is -0.0531. The Kier molecular flexibility index (Phi) is 4.38. The number of benzene rings is 1. The number of hydrogen-bond acceptors (Lipinski definition) is 4. The van der Waals surface area contributed by atoms with Crippen molar-refractivity contribution in [2.45, 2.75) is 18.9 Å². The van der Waals surface area contributed by atoms with Gasteiger partial charge >= 0.3 is 6.03 Å². The quantitative estimate of drug-likeness (QED) is 0.924. The summed E-state index contributed by atoms with van der Waals surface area (Å²) in [7, 11) is 3.18. The number of urea groups is 1. The molecule has 6 heteroatoms. The minimum absolute atomic E-state index is 0.0531. The summed E-state index contributed by atoms with van der Waals surface area (Å²) in [5, 5.41) is 2.93. The van der Waals surface area contributed by atoms with Crippen LogP contribution in [0.5, 0.6) is 11.5 Å². The maximum atomic E-state index is 12.3. The maximum absolute atomic E-state index is 12.3. The van der Waals surface area contributed by atoms with E-state index in [0.29, 0.717) is 17.2 Å². The fraction of sp³-hybridized carbons (Fsp3) is 0.562. The van der Waals surface area contributed by atoms with Crippen LogP contribution in [0.2, 0.25) is 0 Å². The molecule has 1 aliphatic heterocycles. The van der Waals surface area contributed by atoms with Crippen molar-refractivity contribution in [2.24, 2.45) is 0 Å². The lowest BCUT2D eigenvalue weighted by atomic mass is 10.2. The third-order valence-electron chi connectivity index (χ3n) is 4.30. The Morgan fingerprint density at radius 2 is 1.77 bits per heavy atom. The number of ether oxygens (including phenoxy) is 2. The Balaban J connectivity index is 1.57. The number of hydrogen-bond donors (Lipinski definition) is 1. The van der Waals surface area contributed by atoms with Crippen LogP contribution < -0.4 is 14.8 Å². The van der Waals surface area contributed by atoms with Gasteiger partial charge in [-0.1, -0.05) is 0 Å². The van der Waals surface area contributed by atoms with Gasteiger partial charge in [0.25, 0.3) is 0 Å². The van der Waals surface area contributed by atoms with Gasteiger partial charge in [0, 0.05) is 44.0 Å².